The molecule has 0 rings (SSSR count). The van der Waals surface area contributed by atoms with Crippen LogP contribution in [0, 0.1) is 15.5 Å². The van der Waals surface area contributed by atoms with Crippen LogP contribution in [0.3, 0.4) is 0 Å². The fraction of sp³-hybridized carbons (Fsp3) is 0.667. The quantitative estimate of drug-likeness (QED) is 0.314. The normalized spacial score (nSPS) is 8.75. The zero-order valence-electron chi connectivity index (χ0n) is 4.22. The minimum atomic E-state index is -0.894. The second-order valence-electron chi connectivity index (χ2n) is 0.926. The summed E-state index contributed by atoms with van der Waals surface area (Å²) in [7, 11) is 0. The van der Waals surface area contributed by atoms with Crippen LogP contribution >= 0.6 is 0 Å². The molecule has 0 heterocycles. The minimum absolute atomic E-state index is 0.223. The second kappa shape index (κ2) is 5.02. The smallest absolute Gasteiger partial charge is 0.423 e. The molecule has 0 spiro atoms. The van der Waals surface area contributed by atoms with Gasteiger partial charge < -0.3 is 8.93 Å². The van der Waals surface area contributed by atoms with E-state index in [2.05, 4.69) is 8.57 Å². The Balaban J connectivity index is 2.82. The van der Waals surface area contributed by atoms with Crippen LogP contribution in [0.15, 0.2) is 0 Å². The number of esters is 1. The van der Waals surface area contributed by atoms with Crippen LogP contribution in [0.4, 0.5) is 0 Å². The number of ether oxygens (including phenoxy) is 1. The molecule has 0 aromatic carbocycles. The first-order chi connectivity index (χ1) is 3.77. The van der Waals surface area contributed by atoms with Gasteiger partial charge in [0.1, 0.15) is 0 Å². The molecule has 0 fully saturated rings. The Morgan fingerprint density at radius 2 is 2.50 bits per heavy atom. The van der Waals surface area contributed by atoms with Gasteiger partial charge in [0.05, 0.1) is 0 Å². The van der Waals surface area contributed by atoms with Crippen molar-refractivity contribution >= 4 is 5.97 Å². The van der Waals surface area contributed by atoms with Crippen molar-refractivity contribution in [3.63, 3.8) is 0 Å². The standard InChI is InChI=1S/C3H5BrO4/c1-3(5)7-2-8-4-6/h2H2,1H3. The molecule has 0 aliphatic rings. The molecule has 0 atom stereocenters. The van der Waals surface area contributed by atoms with Gasteiger partial charge in [-0.3, -0.25) is 4.79 Å². The molecular formula is C3H5BrO4. The summed E-state index contributed by atoms with van der Waals surface area (Å²) >= 11 is -0.894. The maximum absolute atomic E-state index is 9.92. The van der Waals surface area contributed by atoms with Crippen molar-refractivity contribution in [2.75, 3.05) is 6.79 Å². The number of carbonyl (C=O) groups excluding carboxylic acids is 1. The third kappa shape index (κ3) is 5.87. The van der Waals surface area contributed by atoms with Crippen molar-refractivity contribution in [3.8, 4) is 0 Å². The van der Waals surface area contributed by atoms with Crippen LogP contribution < -0.4 is 4.20 Å². The molecule has 0 unspecified atom stereocenters. The van der Waals surface area contributed by atoms with Crippen LogP contribution in [-0.4, -0.2) is 12.8 Å². The largest absolute Gasteiger partial charge is 0.550 e. The summed E-state index contributed by atoms with van der Waals surface area (Å²) in [5.41, 5.74) is 0. The highest BCUT2D eigenvalue weighted by molar-refractivity contribution is 5.65. The van der Waals surface area contributed by atoms with E-state index in [1.807, 2.05) is 0 Å². The van der Waals surface area contributed by atoms with Crippen molar-refractivity contribution in [1.82, 2.24) is 0 Å². The summed E-state index contributed by atoms with van der Waals surface area (Å²) in [5.74, 6) is -0.441. The number of hydrogen-bond donors (Lipinski definition) is 0. The Labute approximate surface area is 53.5 Å². The molecule has 0 aromatic rings. The van der Waals surface area contributed by atoms with E-state index in [-0.39, 0.29) is 6.79 Å². The van der Waals surface area contributed by atoms with Gasteiger partial charge in [0.25, 0.3) is 0 Å². The predicted molar refractivity (Wildman–Crippen MR) is 17.7 cm³/mol. The summed E-state index contributed by atoms with van der Waals surface area (Å²) in [6, 6.07) is 0. The third-order valence-corrected chi connectivity index (χ3v) is 0.725. The Bertz CT molecular complexity index is 73.7. The van der Waals surface area contributed by atoms with Crippen molar-refractivity contribution in [3.05, 3.63) is 0 Å². The van der Waals surface area contributed by atoms with E-state index < -0.39 is 21.5 Å². The lowest BCUT2D eigenvalue weighted by atomic mass is 10.8. The summed E-state index contributed by atoms with van der Waals surface area (Å²) < 4.78 is 17.9. The molecule has 0 aliphatic heterocycles. The fourth-order valence-electron chi connectivity index (χ4n) is 0.123. The zero-order chi connectivity index (χ0) is 6.41. The highest BCUT2D eigenvalue weighted by Gasteiger charge is 1.94. The van der Waals surface area contributed by atoms with Crippen molar-refractivity contribution < 1.29 is 33.1 Å². The summed E-state index contributed by atoms with van der Waals surface area (Å²) in [6.07, 6.45) is 0. The molecule has 5 heteroatoms. The highest BCUT2D eigenvalue weighted by Crippen LogP contribution is 1.76. The maximum Gasteiger partial charge on any atom is 0.423 e. The lowest BCUT2D eigenvalue weighted by Gasteiger charge is -1.91. The van der Waals surface area contributed by atoms with Gasteiger partial charge in [0.2, 0.25) is 6.79 Å². The summed E-state index contributed by atoms with van der Waals surface area (Å²) in [6.45, 7) is 1.02. The fourth-order valence-corrected chi connectivity index (χ4v) is 0.293. The van der Waals surface area contributed by atoms with E-state index in [0.717, 1.165) is 0 Å². The molecule has 0 bridgehead atoms. The summed E-state index contributed by atoms with van der Waals surface area (Å²) in [4.78, 5) is 9.92. The van der Waals surface area contributed by atoms with Crippen molar-refractivity contribution in [2.24, 2.45) is 0 Å². The molecule has 8 heavy (non-hydrogen) atoms. The molecule has 48 valence electrons. The third-order valence-electron chi connectivity index (χ3n) is 0.351. The van der Waals surface area contributed by atoms with Crippen molar-refractivity contribution in [1.29, 1.82) is 0 Å². The molecule has 0 saturated carbocycles. The Morgan fingerprint density at radius 1 is 1.88 bits per heavy atom. The van der Waals surface area contributed by atoms with Gasteiger partial charge in [-0.2, -0.15) is 0 Å². The Kier molecular flexibility index (Phi) is 4.93. The van der Waals surface area contributed by atoms with Gasteiger partial charge in [-0.05, 0) is 0 Å². The average molecular weight is 185 g/mol. The van der Waals surface area contributed by atoms with E-state index in [4.69, 9.17) is 0 Å². The number of rotatable bonds is 3. The average Bonchev–Trinajstić information content (AvgIpc) is 1.66. The number of halogens is 1. The minimum Gasteiger partial charge on any atom is -0.550 e. The van der Waals surface area contributed by atoms with Gasteiger partial charge in [-0.25, -0.2) is 0 Å². The van der Waals surface area contributed by atoms with Gasteiger partial charge in [0, 0.05) is 6.92 Å². The zero-order valence-corrected chi connectivity index (χ0v) is 5.80. The molecular weight excluding hydrogens is 180 g/mol. The molecule has 0 aromatic heterocycles. The first kappa shape index (κ1) is 7.87. The van der Waals surface area contributed by atoms with Gasteiger partial charge in [-0.15, -0.1) is 0 Å². The molecule has 0 N–H and O–H groups in total. The first-order valence-corrected chi connectivity index (χ1v) is 3.09. The van der Waals surface area contributed by atoms with Gasteiger partial charge in [-0.1, -0.05) is 3.83 Å². The molecule has 0 saturated heterocycles. The van der Waals surface area contributed by atoms with Crippen LogP contribution in [0.25, 0.3) is 0 Å². The topological polar surface area (TPSA) is 58.6 Å². The molecule has 4 nitrogen and oxygen atoms in total. The number of carbonyl (C=O) groups is 1. The van der Waals surface area contributed by atoms with Crippen LogP contribution in [0.1, 0.15) is 6.92 Å². The monoisotopic (exact) mass is 184 g/mol. The predicted octanol–water partition coefficient (Wildman–Crippen LogP) is -1.20. The van der Waals surface area contributed by atoms with Crippen LogP contribution in [-0.2, 0) is 13.4 Å². The van der Waals surface area contributed by atoms with E-state index in [1.165, 1.54) is 6.92 Å². The lowest BCUT2D eigenvalue weighted by molar-refractivity contribution is -1.27. The van der Waals surface area contributed by atoms with Crippen LogP contribution in [0.5, 0.6) is 0 Å². The van der Waals surface area contributed by atoms with E-state index in [9.17, 15) is 8.99 Å². The van der Waals surface area contributed by atoms with E-state index in [1.54, 1.807) is 0 Å². The first-order valence-electron chi connectivity index (χ1n) is 1.79. The van der Waals surface area contributed by atoms with Gasteiger partial charge >= 0.3 is 21.5 Å². The lowest BCUT2D eigenvalue weighted by Crippen LogP contribution is -2.09. The SMILES string of the molecule is CC(=O)OCO[Br+][O-]. The Hall–Kier alpha value is -0.130. The maximum atomic E-state index is 9.92. The molecule has 0 radical (unpaired) electrons. The summed E-state index contributed by atoms with van der Waals surface area (Å²) in [5, 5.41) is 0. The number of hydrogen-bond acceptors (Lipinski definition) is 4. The van der Waals surface area contributed by atoms with Crippen LogP contribution in [0.2, 0.25) is 0 Å². The second-order valence-corrected chi connectivity index (χ2v) is 1.65. The highest BCUT2D eigenvalue weighted by atomic mass is 79.9. The molecule has 0 amide bonds. The van der Waals surface area contributed by atoms with E-state index in [0.29, 0.717) is 0 Å². The van der Waals surface area contributed by atoms with E-state index >= 15 is 0 Å². The Morgan fingerprint density at radius 3 is 2.88 bits per heavy atom. The van der Waals surface area contributed by atoms with Gasteiger partial charge in [0.15, 0.2) is 0 Å². The van der Waals surface area contributed by atoms with Crippen molar-refractivity contribution in [2.45, 2.75) is 6.92 Å². The molecule has 0 aliphatic carbocycles.